The summed E-state index contributed by atoms with van der Waals surface area (Å²) in [5.74, 6) is -0.576. The Kier molecular flexibility index (Phi) is 5.54. The summed E-state index contributed by atoms with van der Waals surface area (Å²) in [7, 11) is 0. The van der Waals surface area contributed by atoms with Crippen molar-refractivity contribution >= 4 is 17.5 Å². The maximum absolute atomic E-state index is 13.1. The smallest absolute Gasteiger partial charge is 0.330 e. The summed E-state index contributed by atoms with van der Waals surface area (Å²) in [6, 6.07) is 0. The third-order valence-corrected chi connectivity index (χ3v) is 9.16. The van der Waals surface area contributed by atoms with Crippen LogP contribution in [-0.2, 0) is 19.1 Å². The second kappa shape index (κ2) is 7.66. The predicted octanol–water partition coefficient (Wildman–Crippen LogP) is 2.91. The number of hydrogen-bond donors (Lipinski definition) is 2. The summed E-state index contributed by atoms with van der Waals surface area (Å²) >= 11 is 0. The van der Waals surface area contributed by atoms with E-state index in [9.17, 15) is 24.6 Å². The Morgan fingerprint density at radius 2 is 1.97 bits per heavy atom. The molecule has 0 heterocycles. The quantitative estimate of drug-likeness (QED) is 0.525. The molecule has 0 aliphatic heterocycles. The minimum atomic E-state index is -1.61. The maximum Gasteiger partial charge on any atom is 0.330 e. The zero-order valence-corrected chi connectivity index (χ0v) is 18.7. The van der Waals surface area contributed by atoms with Crippen LogP contribution in [-0.4, -0.2) is 46.1 Å². The SMILES string of the molecule is C/C=C/C(=O)OCC(=O)[C@@]1(O)CCC2C3CCC4=CC(=O)CC[C@]4(C)C3C(O)C[C@@]21C. The Morgan fingerprint density at radius 3 is 2.68 bits per heavy atom. The molecule has 0 amide bonds. The molecule has 3 fully saturated rings. The van der Waals surface area contributed by atoms with Gasteiger partial charge in [-0.15, -0.1) is 0 Å². The van der Waals surface area contributed by atoms with Gasteiger partial charge in [-0.3, -0.25) is 9.59 Å². The van der Waals surface area contributed by atoms with Crippen molar-refractivity contribution in [1.82, 2.24) is 0 Å². The fourth-order valence-electron chi connectivity index (χ4n) is 7.59. The van der Waals surface area contributed by atoms with E-state index < -0.39 is 35.5 Å². The molecular weight excluding hydrogens is 396 g/mol. The lowest BCUT2D eigenvalue weighted by Gasteiger charge is -2.60. The molecule has 0 saturated heterocycles. The van der Waals surface area contributed by atoms with E-state index >= 15 is 0 Å². The van der Waals surface area contributed by atoms with Crippen LogP contribution in [0.25, 0.3) is 0 Å². The molecule has 0 aromatic rings. The van der Waals surface area contributed by atoms with Crippen LogP contribution in [0.5, 0.6) is 0 Å². The monoisotopic (exact) mass is 430 g/mol. The molecule has 0 aromatic carbocycles. The number of carbonyl (C=O) groups excluding carboxylic acids is 3. The molecule has 6 heteroatoms. The molecule has 4 unspecified atom stereocenters. The summed E-state index contributed by atoms with van der Waals surface area (Å²) in [6.45, 7) is 5.33. The Balaban J connectivity index is 1.60. The molecule has 170 valence electrons. The summed E-state index contributed by atoms with van der Waals surface area (Å²) < 4.78 is 5.04. The van der Waals surface area contributed by atoms with Crippen molar-refractivity contribution in [2.24, 2.45) is 28.6 Å². The van der Waals surface area contributed by atoms with Crippen molar-refractivity contribution in [1.29, 1.82) is 0 Å². The van der Waals surface area contributed by atoms with Crippen LogP contribution in [0.2, 0.25) is 0 Å². The van der Waals surface area contributed by atoms with Gasteiger partial charge in [0.1, 0.15) is 5.60 Å². The normalized spacial score (nSPS) is 44.3. The average molecular weight is 431 g/mol. The number of esters is 1. The second-order valence-electron chi connectivity index (χ2n) is 10.5. The average Bonchev–Trinajstić information content (AvgIpc) is 2.98. The first-order valence-corrected chi connectivity index (χ1v) is 11.5. The van der Waals surface area contributed by atoms with Gasteiger partial charge >= 0.3 is 5.97 Å². The van der Waals surface area contributed by atoms with Gasteiger partial charge < -0.3 is 14.9 Å². The van der Waals surface area contributed by atoms with E-state index in [0.29, 0.717) is 25.7 Å². The van der Waals surface area contributed by atoms with Crippen LogP contribution < -0.4 is 0 Å². The first-order chi connectivity index (χ1) is 14.6. The van der Waals surface area contributed by atoms with Gasteiger partial charge in [-0.2, -0.15) is 0 Å². The van der Waals surface area contributed by atoms with Crippen molar-refractivity contribution in [2.45, 2.75) is 77.4 Å². The topological polar surface area (TPSA) is 101 Å². The zero-order chi connectivity index (χ0) is 22.6. The number of ether oxygens (including phenoxy) is 1. The van der Waals surface area contributed by atoms with Crippen LogP contribution >= 0.6 is 0 Å². The number of allylic oxidation sites excluding steroid dienone is 2. The number of hydrogen-bond acceptors (Lipinski definition) is 6. The summed E-state index contributed by atoms with van der Waals surface area (Å²) in [5, 5.41) is 22.9. The zero-order valence-electron chi connectivity index (χ0n) is 18.7. The molecule has 0 radical (unpaired) electrons. The second-order valence-corrected chi connectivity index (χ2v) is 10.5. The van der Waals surface area contributed by atoms with Crippen LogP contribution in [0.15, 0.2) is 23.8 Å². The lowest BCUT2D eigenvalue weighted by Crippen LogP contribution is -2.62. The van der Waals surface area contributed by atoms with Crippen LogP contribution in [0, 0.1) is 28.6 Å². The van der Waals surface area contributed by atoms with E-state index in [-0.39, 0.29) is 29.0 Å². The van der Waals surface area contributed by atoms with Gasteiger partial charge in [-0.05, 0) is 74.7 Å². The number of ketones is 2. The van der Waals surface area contributed by atoms with Crippen molar-refractivity contribution in [3.63, 3.8) is 0 Å². The molecule has 4 aliphatic carbocycles. The highest BCUT2D eigenvalue weighted by Crippen LogP contribution is 2.67. The molecule has 3 saturated carbocycles. The number of aliphatic hydroxyl groups is 2. The molecule has 7 atom stereocenters. The number of rotatable bonds is 4. The Bertz CT molecular complexity index is 858. The standard InChI is InChI=1S/C25H34O6/c1-4-5-21(29)31-14-20(28)25(30)11-9-18-17-7-6-15-12-16(26)8-10-23(15,2)22(17)19(27)13-24(18,25)3/h4-5,12,17-19,22,27,30H,6-11,13-14H2,1-3H3/b5-4+/t17?,18?,19?,22?,23-,24-,25-/m0/s1. The Morgan fingerprint density at radius 1 is 1.23 bits per heavy atom. The molecule has 0 bridgehead atoms. The highest BCUT2D eigenvalue weighted by atomic mass is 16.5. The van der Waals surface area contributed by atoms with Gasteiger partial charge in [0, 0.05) is 17.9 Å². The number of Topliss-reactive ketones (excluding diaryl/α,β-unsaturated/α-hetero) is 1. The largest absolute Gasteiger partial charge is 0.454 e. The third kappa shape index (κ3) is 3.25. The first kappa shape index (κ1) is 22.4. The fourth-order valence-corrected chi connectivity index (χ4v) is 7.59. The van der Waals surface area contributed by atoms with Crippen molar-refractivity contribution in [3.8, 4) is 0 Å². The maximum atomic E-state index is 13.1. The lowest BCUT2D eigenvalue weighted by atomic mass is 9.45. The van der Waals surface area contributed by atoms with Gasteiger partial charge in [-0.25, -0.2) is 4.79 Å². The van der Waals surface area contributed by atoms with Crippen molar-refractivity contribution in [2.75, 3.05) is 6.61 Å². The Labute approximate surface area is 183 Å². The van der Waals surface area contributed by atoms with Crippen LogP contribution in [0.4, 0.5) is 0 Å². The summed E-state index contributed by atoms with van der Waals surface area (Å²) in [6.07, 6.45) is 8.25. The lowest BCUT2D eigenvalue weighted by molar-refractivity contribution is -0.184. The molecule has 6 nitrogen and oxygen atoms in total. The predicted molar refractivity (Wildman–Crippen MR) is 114 cm³/mol. The first-order valence-electron chi connectivity index (χ1n) is 11.5. The fraction of sp³-hybridized carbons (Fsp3) is 0.720. The molecule has 4 aliphatic rings. The summed E-state index contributed by atoms with van der Waals surface area (Å²) in [4.78, 5) is 36.7. The van der Waals surface area contributed by atoms with Gasteiger partial charge in [-0.1, -0.05) is 25.5 Å². The highest BCUT2D eigenvalue weighted by Gasteiger charge is 2.68. The van der Waals surface area contributed by atoms with E-state index in [1.807, 2.05) is 6.92 Å². The van der Waals surface area contributed by atoms with Gasteiger partial charge in [0.25, 0.3) is 0 Å². The molecule has 4 rings (SSSR count). The number of aliphatic hydroxyl groups excluding tert-OH is 1. The molecule has 2 N–H and O–H groups in total. The minimum absolute atomic E-state index is 0.0312. The summed E-state index contributed by atoms with van der Waals surface area (Å²) in [5.41, 5.74) is -1.42. The minimum Gasteiger partial charge on any atom is -0.454 e. The number of fused-ring (bicyclic) bond motifs is 5. The molecular formula is C25H34O6. The van der Waals surface area contributed by atoms with E-state index in [1.165, 1.54) is 12.2 Å². The van der Waals surface area contributed by atoms with Crippen LogP contribution in [0.3, 0.4) is 0 Å². The van der Waals surface area contributed by atoms with E-state index in [2.05, 4.69) is 6.92 Å². The van der Waals surface area contributed by atoms with Crippen molar-refractivity contribution in [3.05, 3.63) is 23.8 Å². The van der Waals surface area contributed by atoms with E-state index in [0.717, 1.165) is 24.8 Å². The molecule has 0 aromatic heterocycles. The molecule has 0 spiro atoms. The van der Waals surface area contributed by atoms with E-state index in [4.69, 9.17) is 4.74 Å². The van der Waals surface area contributed by atoms with E-state index in [1.54, 1.807) is 13.0 Å². The van der Waals surface area contributed by atoms with Gasteiger partial charge in [0.2, 0.25) is 5.78 Å². The Hall–Kier alpha value is -1.79. The van der Waals surface area contributed by atoms with Crippen LogP contribution in [0.1, 0.15) is 65.7 Å². The van der Waals surface area contributed by atoms with Crippen molar-refractivity contribution < 1.29 is 29.3 Å². The van der Waals surface area contributed by atoms with Gasteiger partial charge in [0.15, 0.2) is 12.4 Å². The number of carbonyl (C=O) groups is 3. The van der Waals surface area contributed by atoms with Gasteiger partial charge in [0.05, 0.1) is 6.10 Å². The highest BCUT2D eigenvalue weighted by molar-refractivity contribution is 5.92. The molecule has 31 heavy (non-hydrogen) atoms. The third-order valence-electron chi connectivity index (χ3n) is 9.16.